The van der Waals surface area contributed by atoms with Crippen molar-refractivity contribution in [3.05, 3.63) is 47.1 Å². The van der Waals surface area contributed by atoms with Crippen molar-refractivity contribution in [2.24, 2.45) is 0 Å². The molecule has 0 aliphatic carbocycles. The summed E-state index contributed by atoms with van der Waals surface area (Å²) in [6.07, 6.45) is 0.841. The molecule has 0 radical (unpaired) electrons. The highest BCUT2D eigenvalue weighted by molar-refractivity contribution is 7.11. The molecule has 0 N–H and O–H groups in total. The first-order chi connectivity index (χ1) is 6.90. The van der Waals surface area contributed by atoms with Gasteiger partial charge in [-0.1, -0.05) is 41.7 Å². The summed E-state index contributed by atoms with van der Waals surface area (Å²) in [6.45, 7) is 0. The molecule has 0 atom stereocenters. The topological polar surface area (TPSA) is 22.1 Å². The van der Waals surface area contributed by atoms with Crippen LogP contribution in [-0.4, -0.2) is 12.1 Å². The Morgan fingerprint density at radius 2 is 2.07 bits per heavy atom. The van der Waals surface area contributed by atoms with Gasteiger partial charge < -0.3 is 4.74 Å². The molecule has 0 spiro atoms. The molecule has 0 fully saturated rings. The molecule has 14 heavy (non-hydrogen) atoms. The summed E-state index contributed by atoms with van der Waals surface area (Å²) < 4.78 is 5.21. The smallest absolute Gasteiger partial charge is 0.197 e. The Bertz CT molecular complexity index is 397. The maximum atomic E-state index is 5.21. The largest absolute Gasteiger partial charge is 0.486 e. The van der Waals surface area contributed by atoms with Crippen molar-refractivity contribution in [1.82, 2.24) is 4.98 Å². The highest BCUT2D eigenvalue weighted by atomic mass is 32.1. The third-order valence-electron chi connectivity index (χ3n) is 2.00. The summed E-state index contributed by atoms with van der Waals surface area (Å²) in [5, 5.41) is 0.911. The van der Waals surface area contributed by atoms with E-state index >= 15 is 0 Å². The summed E-state index contributed by atoms with van der Waals surface area (Å²) in [7, 11) is 1.68. The number of methoxy groups -OCH3 is 1. The minimum Gasteiger partial charge on any atom is -0.486 e. The van der Waals surface area contributed by atoms with Crippen LogP contribution < -0.4 is 4.74 Å². The minimum atomic E-state index is 0.841. The van der Waals surface area contributed by atoms with Crippen molar-refractivity contribution in [3.8, 4) is 5.06 Å². The van der Waals surface area contributed by atoms with Crippen LogP contribution in [0.25, 0.3) is 0 Å². The number of hydrogen-bond acceptors (Lipinski definition) is 3. The zero-order valence-electron chi connectivity index (χ0n) is 7.93. The fourth-order valence-corrected chi connectivity index (χ4v) is 1.96. The summed E-state index contributed by atoms with van der Waals surface area (Å²) >= 11 is 1.54. The van der Waals surface area contributed by atoms with E-state index in [1.54, 1.807) is 7.11 Å². The second-order valence-corrected chi connectivity index (χ2v) is 3.77. The van der Waals surface area contributed by atoms with E-state index in [2.05, 4.69) is 17.1 Å². The number of benzene rings is 1. The second-order valence-electron chi connectivity index (χ2n) is 2.95. The van der Waals surface area contributed by atoms with Crippen LogP contribution in [0.2, 0.25) is 0 Å². The van der Waals surface area contributed by atoms with Gasteiger partial charge in [-0.15, -0.1) is 0 Å². The number of nitrogens with zero attached hydrogens (tertiary/aromatic N) is 1. The molecule has 2 rings (SSSR count). The lowest BCUT2D eigenvalue weighted by molar-refractivity contribution is 0.421. The molecule has 1 aromatic heterocycles. The number of thiazole rings is 1. The fourth-order valence-electron chi connectivity index (χ4n) is 1.33. The quantitative estimate of drug-likeness (QED) is 0.768. The first kappa shape index (κ1) is 9.21. The molecule has 0 saturated heterocycles. The van der Waals surface area contributed by atoms with Crippen LogP contribution in [0.5, 0.6) is 5.06 Å². The summed E-state index contributed by atoms with van der Waals surface area (Å²) in [5.74, 6) is 0. The Morgan fingerprint density at radius 3 is 2.79 bits per heavy atom. The lowest BCUT2D eigenvalue weighted by Gasteiger charge is -2.00. The Morgan fingerprint density at radius 1 is 1.29 bits per heavy atom. The van der Waals surface area contributed by atoms with Crippen molar-refractivity contribution in [2.45, 2.75) is 6.42 Å². The van der Waals surface area contributed by atoms with Crippen molar-refractivity contribution in [3.63, 3.8) is 0 Å². The van der Waals surface area contributed by atoms with Crippen molar-refractivity contribution in [1.29, 1.82) is 0 Å². The van der Waals surface area contributed by atoms with Gasteiger partial charge in [-0.3, -0.25) is 0 Å². The first-order valence-electron chi connectivity index (χ1n) is 4.40. The van der Waals surface area contributed by atoms with Gasteiger partial charge in [0.2, 0.25) is 0 Å². The normalized spacial score (nSPS) is 10.1. The third-order valence-corrected chi connectivity index (χ3v) is 2.83. The predicted octanol–water partition coefficient (Wildman–Crippen LogP) is 2.74. The first-order valence-corrected chi connectivity index (χ1v) is 5.28. The molecule has 0 aliphatic heterocycles. The molecule has 1 heterocycles. The molecule has 72 valence electrons. The summed E-state index contributed by atoms with van der Waals surface area (Å²) in [6, 6.07) is 10.3. The van der Waals surface area contributed by atoms with Gasteiger partial charge in [0, 0.05) is 6.42 Å². The van der Waals surface area contributed by atoms with Gasteiger partial charge in [-0.25, -0.2) is 4.98 Å². The molecule has 2 nitrogen and oxygen atoms in total. The third kappa shape index (κ3) is 1.93. The number of hydrogen-bond donors (Lipinski definition) is 0. The molecule has 0 bridgehead atoms. The van der Waals surface area contributed by atoms with Gasteiger partial charge in [0.25, 0.3) is 0 Å². The molecule has 0 amide bonds. The Hall–Kier alpha value is -1.35. The monoisotopic (exact) mass is 205 g/mol. The predicted molar refractivity (Wildman–Crippen MR) is 57.9 cm³/mol. The highest BCUT2D eigenvalue weighted by Gasteiger charge is 2.06. The van der Waals surface area contributed by atoms with Crippen LogP contribution in [0.4, 0.5) is 0 Å². The van der Waals surface area contributed by atoms with E-state index in [4.69, 9.17) is 4.74 Å². The van der Waals surface area contributed by atoms with Gasteiger partial charge in [-0.2, -0.15) is 0 Å². The van der Waals surface area contributed by atoms with E-state index in [1.165, 1.54) is 16.9 Å². The van der Waals surface area contributed by atoms with E-state index in [-0.39, 0.29) is 0 Å². The van der Waals surface area contributed by atoms with E-state index in [9.17, 15) is 0 Å². The molecular formula is C11H11NOS. The number of aromatic nitrogens is 1. The van der Waals surface area contributed by atoms with Gasteiger partial charge >= 0.3 is 0 Å². The maximum absolute atomic E-state index is 5.21. The van der Waals surface area contributed by atoms with Crippen molar-refractivity contribution >= 4 is 11.3 Å². The van der Waals surface area contributed by atoms with Crippen LogP contribution in [0.15, 0.2) is 35.8 Å². The van der Waals surface area contributed by atoms with Crippen LogP contribution in [0.3, 0.4) is 0 Å². The minimum absolute atomic E-state index is 0.841. The van der Waals surface area contributed by atoms with E-state index in [0.29, 0.717) is 0 Å². The van der Waals surface area contributed by atoms with E-state index < -0.39 is 0 Å². The lowest BCUT2D eigenvalue weighted by atomic mass is 10.1. The van der Waals surface area contributed by atoms with Crippen LogP contribution in [0.1, 0.15) is 11.3 Å². The van der Waals surface area contributed by atoms with E-state index in [1.807, 2.05) is 23.7 Å². The van der Waals surface area contributed by atoms with Gasteiger partial charge in [0.15, 0.2) is 5.06 Å². The molecule has 3 heteroatoms. The van der Waals surface area contributed by atoms with Crippen molar-refractivity contribution < 1.29 is 4.74 Å². The summed E-state index contributed by atoms with van der Waals surface area (Å²) in [4.78, 5) is 4.28. The zero-order chi connectivity index (χ0) is 9.80. The maximum Gasteiger partial charge on any atom is 0.197 e. The molecular weight excluding hydrogens is 194 g/mol. The Kier molecular flexibility index (Phi) is 2.79. The van der Waals surface area contributed by atoms with Crippen LogP contribution >= 0.6 is 11.3 Å². The molecule has 0 aliphatic rings. The van der Waals surface area contributed by atoms with Gasteiger partial charge in [0.1, 0.15) is 0 Å². The fraction of sp³-hybridized carbons (Fsp3) is 0.182. The number of ether oxygens (including phenoxy) is 1. The summed E-state index contributed by atoms with van der Waals surface area (Å²) in [5.41, 5.74) is 4.09. The van der Waals surface area contributed by atoms with Crippen molar-refractivity contribution in [2.75, 3.05) is 7.11 Å². The molecule has 1 aromatic carbocycles. The number of rotatable bonds is 3. The average Bonchev–Trinajstić information content (AvgIpc) is 2.67. The molecule has 0 unspecified atom stereocenters. The highest BCUT2D eigenvalue weighted by Crippen LogP contribution is 2.24. The lowest BCUT2D eigenvalue weighted by Crippen LogP contribution is -1.91. The zero-order valence-corrected chi connectivity index (χ0v) is 8.75. The van der Waals surface area contributed by atoms with Gasteiger partial charge in [0.05, 0.1) is 18.3 Å². The van der Waals surface area contributed by atoms with Crippen LogP contribution in [-0.2, 0) is 6.42 Å². The Labute approximate surface area is 87.2 Å². The standard InChI is InChI=1S/C11H11NOS/c1-13-11-10(12-8-14-11)7-9-5-3-2-4-6-9/h2-6,8H,7H2,1H3. The average molecular weight is 205 g/mol. The Balaban J connectivity index is 2.19. The SMILES string of the molecule is COc1scnc1Cc1ccccc1. The molecule has 0 saturated carbocycles. The van der Waals surface area contributed by atoms with E-state index in [0.717, 1.165) is 17.2 Å². The second kappa shape index (κ2) is 4.24. The van der Waals surface area contributed by atoms with Crippen LogP contribution in [0, 0.1) is 0 Å². The molecule has 2 aromatic rings. The van der Waals surface area contributed by atoms with Gasteiger partial charge in [-0.05, 0) is 5.56 Å².